The van der Waals surface area contributed by atoms with Gasteiger partial charge in [0.2, 0.25) is 11.7 Å². The molecule has 1 amide bonds. The first-order valence-corrected chi connectivity index (χ1v) is 8.35. The van der Waals surface area contributed by atoms with E-state index in [4.69, 9.17) is 13.7 Å². The largest absolute Gasteiger partial charge is 0.497 e. The summed E-state index contributed by atoms with van der Waals surface area (Å²) >= 11 is 0. The highest BCUT2D eigenvalue weighted by atomic mass is 16.5. The summed E-state index contributed by atoms with van der Waals surface area (Å²) in [6, 6.07) is 16.6. The van der Waals surface area contributed by atoms with Crippen LogP contribution in [0.25, 0.3) is 22.4 Å². The number of fused-ring (bicyclic) bond motifs is 1. The van der Waals surface area contributed by atoms with E-state index in [0.29, 0.717) is 23.0 Å². The van der Waals surface area contributed by atoms with E-state index in [2.05, 4.69) is 10.1 Å². The molecule has 0 saturated heterocycles. The number of methoxy groups -OCH3 is 1. The van der Waals surface area contributed by atoms with Gasteiger partial charge in [-0.05, 0) is 24.3 Å². The smallest absolute Gasteiger partial charge is 0.289 e. The number of benzene rings is 2. The van der Waals surface area contributed by atoms with E-state index in [1.54, 1.807) is 20.2 Å². The minimum atomic E-state index is -0.257. The molecule has 0 radical (unpaired) electrons. The summed E-state index contributed by atoms with van der Waals surface area (Å²) in [5, 5.41) is 4.86. The van der Waals surface area contributed by atoms with E-state index in [0.717, 1.165) is 10.9 Å². The number of carbonyl (C=O) groups excluding carboxylic acids is 1. The van der Waals surface area contributed by atoms with Crippen molar-refractivity contribution in [2.75, 3.05) is 14.2 Å². The second kappa shape index (κ2) is 6.95. The summed E-state index contributed by atoms with van der Waals surface area (Å²) in [7, 11) is 3.25. The molecule has 0 N–H and O–H groups in total. The van der Waals surface area contributed by atoms with Crippen molar-refractivity contribution < 1.29 is 18.5 Å². The Kier molecular flexibility index (Phi) is 4.33. The van der Waals surface area contributed by atoms with Crippen molar-refractivity contribution in [3.05, 3.63) is 66.2 Å². The Morgan fingerprint density at radius 1 is 1.15 bits per heavy atom. The summed E-state index contributed by atoms with van der Waals surface area (Å²) in [4.78, 5) is 18.4. The van der Waals surface area contributed by atoms with E-state index in [-0.39, 0.29) is 18.2 Å². The van der Waals surface area contributed by atoms with E-state index in [1.165, 1.54) is 4.90 Å². The third kappa shape index (κ3) is 3.39. The summed E-state index contributed by atoms with van der Waals surface area (Å²) in [6.45, 7) is 0.173. The number of furan rings is 1. The van der Waals surface area contributed by atoms with Gasteiger partial charge in [0, 0.05) is 18.0 Å². The first kappa shape index (κ1) is 16.8. The minimum absolute atomic E-state index is 0.173. The van der Waals surface area contributed by atoms with Crippen LogP contribution in [-0.2, 0) is 6.54 Å². The van der Waals surface area contributed by atoms with Crippen molar-refractivity contribution in [1.29, 1.82) is 0 Å². The van der Waals surface area contributed by atoms with Crippen molar-refractivity contribution in [3.63, 3.8) is 0 Å². The summed E-state index contributed by atoms with van der Waals surface area (Å²) < 4.78 is 16.1. The molecule has 0 spiro atoms. The van der Waals surface area contributed by atoms with Gasteiger partial charge in [0.15, 0.2) is 5.76 Å². The van der Waals surface area contributed by atoms with Crippen molar-refractivity contribution in [3.8, 4) is 17.1 Å². The van der Waals surface area contributed by atoms with Crippen LogP contribution in [-0.4, -0.2) is 35.1 Å². The number of para-hydroxylation sites is 1. The molecule has 0 bridgehead atoms. The summed E-state index contributed by atoms with van der Waals surface area (Å²) in [5.74, 6) is 1.49. The first-order chi connectivity index (χ1) is 13.1. The van der Waals surface area contributed by atoms with E-state index in [9.17, 15) is 4.79 Å². The Labute approximate surface area is 155 Å². The molecule has 0 aliphatic rings. The lowest BCUT2D eigenvalue weighted by Gasteiger charge is -2.12. The van der Waals surface area contributed by atoms with Crippen LogP contribution in [0.4, 0.5) is 0 Å². The zero-order valence-corrected chi connectivity index (χ0v) is 14.9. The monoisotopic (exact) mass is 363 g/mol. The quantitative estimate of drug-likeness (QED) is 0.537. The molecule has 0 aliphatic heterocycles. The van der Waals surface area contributed by atoms with Crippen molar-refractivity contribution in [1.82, 2.24) is 15.0 Å². The molecule has 2 aromatic heterocycles. The summed E-state index contributed by atoms with van der Waals surface area (Å²) in [6.07, 6.45) is 0. The zero-order chi connectivity index (χ0) is 18.8. The average molecular weight is 363 g/mol. The maximum absolute atomic E-state index is 12.6. The van der Waals surface area contributed by atoms with Crippen LogP contribution in [0, 0.1) is 0 Å². The molecule has 27 heavy (non-hydrogen) atoms. The average Bonchev–Trinajstić information content (AvgIpc) is 3.34. The van der Waals surface area contributed by atoms with Gasteiger partial charge in [-0.15, -0.1) is 0 Å². The molecule has 7 nitrogen and oxygen atoms in total. The number of aromatic nitrogens is 2. The molecular formula is C20H17N3O4. The second-order valence-electron chi connectivity index (χ2n) is 6.05. The molecule has 2 heterocycles. The van der Waals surface area contributed by atoms with Gasteiger partial charge in [-0.3, -0.25) is 4.79 Å². The predicted molar refractivity (Wildman–Crippen MR) is 98.3 cm³/mol. The van der Waals surface area contributed by atoms with Gasteiger partial charge >= 0.3 is 0 Å². The highest BCUT2D eigenvalue weighted by Crippen LogP contribution is 2.22. The molecule has 4 aromatic rings. The number of carbonyl (C=O) groups is 1. The van der Waals surface area contributed by atoms with Gasteiger partial charge in [-0.2, -0.15) is 4.98 Å². The van der Waals surface area contributed by atoms with Crippen molar-refractivity contribution in [2.24, 2.45) is 0 Å². The zero-order valence-electron chi connectivity index (χ0n) is 14.9. The maximum Gasteiger partial charge on any atom is 0.289 e. The molecule has 0 aliphatic carbocycles. The molecule has 0 atom stereocenters. The molecule has 7 heteroatoms. The maximum atomic E-state index is 12.6. The Morgan fingerprint density at radius 2 is 2.00 bits per heavy atom. The summed E-state index contributed by atoms with van der Waals surface area (Å²) in [5.41, 5.74) is 1.45. The van der Waals surface area contributed by atoms with Crippen LogP contribution in [0.2, 0.25) is 0 Å². The number of rotatable bonds is 5. The lowest BCUT2D eigenvalue weighted by molar-refractivity contribution is 0.0740. The van der Waals surface area contributed by atoms with E-state index in [1.807, 2.05) is 48.5 Å². The SMILES string of the molecule is COc1cccc(-c2noc(CN(C)C(=O)c3cc4ccccc4o3)n2)c1. The first-order valence-electron chi connectivity index (χ1n) is 8.35. The van der Waals surface area contributed by atoms with Gasteiger partial charge in [0.25, 0.3) is 5.91 Å². The van der Waals surface area contributed by atoms with Crippen LogP contribution in [0.1, 0.15) is 16.4 Å². The molecule has 4 rings (SSSR count). The fourth-order valence-electron chi connectivity index (χ4n) is 2.75. The topological polar surface area (TPSA) is 81.6 Å². The Balaban J connectivity index is 1.50. The van der Waals surface area contributed by atoms with Crippen molar-refractivity contribution >= 4 is 16.9 Å². The number of hydrogen-bond donors (Lipinski definition) is 0. The van der Waals surface area contributed by atoms with E-state index >= 15 is 0 Å². The van der Waals surface area contributed by atoms with Gasteiger partial charge in [0.05, 0.1) is 7.11 Å². The van der Waals surface area contributed by atoms with E-state index < -0.39 is 0 Å². The molecular weight excluding hydrogens is 346 g/mol. The van der Waals surface area contributed by atoms with Gasteiger partial charge < -0.3 is 18.6 Å². The minimum Gasteiger partial charge on any atom is -0.497 e. The highest BCUT2D eigenvalue weighted by Gasteiger charge is 2.19. The van der Waals surface area contributed by atoms with Crippen LogP contribution < -0.4 is 4.74 Å². The van der Waals surface area contributed by atoms with Gasteiger partial charge in [-0.1, -0.05) is 35.5 Å². The number of nitrogens with zero attached hydrogens (tertiary/aromatic N) is 3. The molecule has 0 unspecified atom stereocenters. The van der Waals surface area contributed by atoms with Crippen LogP contribution in [0.3, 0.4) is 0 Å². The lowest BCUT2D eigenvalue weighted by Crippen LogP contribution is -2.25. The van der Waals surface area contributed by atoms with Crippen LogP contribution in [0.15, 0.2) is 63.5 Å². The van der Waals surface area contributed by atoms with Gasteiger partial charge in [0.1, 0.15) is 17.9 Å². The predicted octanol–water partition coefficient (Wildman–Crippen LogP) is 3.76. The van der Waals surface area contributed by atoms with Crippen LogP contribution in [0.5, 0.6) is 5.75 Å². The molecule has 0 saturated carbocycles. The molecule has 136 valence electrons. The number of hydrogen-bond acceptors (Lipinski definition) is 6. The fourth-order valence-corrected chi connectivity index (χ4v) is 2.75. The molecule has 0 fully saturated rings. The Bertz CT molecular complexity index is 1070. The third-order valence-electron chi connectivity index (χ3n) is 4.15. The fraction of sp³-hybridized carbons (Fsp3) is 0.150. The lowest BCUT2D eigenvalue weighted by atomic mass is 10.2. The normalized spacial score (nSPS) is 10.9. The van der Waals surface area contributed by atoms with Crippen molar-refractivity contribution in [2.45, 2.75) is 6.54 Å². The second-order valence-corrected chi connectivity index (χ2v) is 6.05. The van der Waals surface area contributed by atoms with Gasteiger partial charge in [-0.25, -0.2) is 0 Å². The number of amides is 1. The Hall–Kier alpha value is -3.61. The standard InChI is InChI=1S/C20H17N3O4/c1-23(20(24)17-11-13-6-3-4-9-16(13)26-17)12-18-21-19(22-27-18)14-7-5-8-15(10-14)25-2/h3-11H,12H2,1-2H3. The highest BCUT2D eigenvalue weighted by molar-refractivity contribution is 5.95. The number of ether oxygens (including phenoxy) is 1. The Morgan fingerprint density at radius 3 is 2.81 bits per heavy atom. The molecule has 2 aromatic carbocycles. The van der Waals surface area contributed by atoms with Crippen LogP contribution >= 0.6 is 0 Å². The third-order valence-corrected chi connectivity index (χ3v) is 4.15.